The van der Waals surface area contributed by atoms with Crippen LogP contribution in [0.3, 0.4) is 0 Å². The lowest BCUT2D eigenvalue weighted by Crippen LogP contribution is -2.44. The van der Waals surface area contributed by atoms with Crippen molar-refractivity contribution in [2.45, 2.75) is 25.7 Å². The van der Waals surface area contributed by atoms with E-state index in [9.17, 15) is 14.7 Å². The van der Waals surface area contributed by atoms with Crippen LogP contribution in [0.1, 0.15) is 23.9 Å². The van der Waals surface area contributed by atoms with Crippen LogP contribution >= 0.6 is 11.3 Å². The SMILES string of the molecule is Cc1oc(-c2cccs2)nc1CC(=O)NCC(C)(C(=O)O)c1ccccc1. The number of oxazole rings is 1. The average Bonchev–Trinajstić information content (AvgIpc) is 3.31. The molecule has 3 aromatic rings. The first-order valence-electron chi connectivity index (χ1n) is 8.46. The number of hydrogen-bond donors (Lipinski definition) is 2. The van der Waals surface area contributed by atoms with Gasteiger partial charge in [0, 0.05) is 6.54 Å². The molecule has 0 aliphatic carbocycles. The van der Waals surface area contributed by atoms with E-state index in [-0.39, 0.29) is 18.9 Å². The van der Waals surface area contributed by atoms with E-state index in [1.807, 2.05) is 23.6 Å². The Balaban J connectivity index is 1.68. The van der Waals surface area contributed by atoms with Gasteiger partial charge in [0.05, 0.1) is 17.0 Å². The molecule has 0 aliphatic heterocycles. The van der Waals surface area contributed by atoms with Gasteiger partial charge in [-0.3, -0.25) is 9.59 Å². The number of nitrogens with one attached hydrogen (secondary N) is 1. The third-order valence-electron chi connectivity index (χ3n) is 4.47. The van der Waals surface area contributed by atoms with Gasteiger partial charge in [-0.1, -0.05) is 36.4 Å². The molecule has 0 spiro atoms. The zero-order chi connectivity index (χ0) is 19.4. The second kappa shape index (κ2) is 7.75. The van der Waals surface area contributed by atoms with Crippen molar-refractivity contribution < 1.29 is 19.1 Å². The van der Waals surface area contributed by atoms with Gasteiger partial charge in [-0.15, -0.1) is 11.3 Å². The monoisotopic (exact) mass is 384 g/mol. The van der Waals surface area contributed by atoms with Crippen molar-refractivity contribution in [3.63, 3.8) is 0 Å². The molecule has 0 bridgehead atoms. The van der Waals surface area contributed by atoms with Gasteiger partial charge in [0.2, 0.25) is 11.8 Å². The maximum Gasteiger partial charge on any atom is 0.315 e. The number of rotatable bonds is 7. The summed E-state index contributed by atoms with van der Waals surface area (Å²) in [6.45, 7) is 3.35. The van der Waals surface area contributed by atoms with Gasteiger partial charge in [-0.2, -0.15) is 0 Å². The summed E-state index contributed by atoms with van der Waals surface area (Å²) < 4.78 is 5.64. The highest BCUT2D eigenvalue weighted by Gasteiger charge is 2.35. The van der Waals surface area contributed by atoms with Crippen LogP contribution in [0.15, 0.2) is 52.3 Å². The van der Waals surface area contributed by atoms with Crippen LogP contribution in [0.5, 0.6) is 0 Å². The molecule has 0 radical (unpaired) electrons. The van der Waals surface area contributed by atoms with Crippen molar-refractivity contribution in [3.8, 4) is 10.8 Å². The Bertz CT molecular complexity index is 934. The second-order valence-electron chi connectivity index (χ2n) is 6.46. The molecule has 0 fully saturated rings. The fourth-order valence-corrected chi connectivity index (χ4v) is 3.34. The summed E-state index contributed by atoms with van der Waals surface area (Å²) in [5.41, 5.74) is -0.0270. The normalized spacial score (nSPS) is 13.1. The molecule has 1 amide bonds. The lowest BCUT2D eigenvalue weighted by atomic mass is 9.82. The summed E-state index contributed by atoms with van der Waals surface area (Å²) in [6, 6.07) is 12.7. The fraction of sp³-hybridized carbons (Fsp3) is 0.250. The number of hydrogen-bond acceptors (Lipinski definition) is 5. The number of thiophene rings is 1. The van der Waals surface area contributed by atoms with Gasteiger partial charge in [0.15, 0.2) is 0 Å². The van der Waals surface area contributed by atoms with Crippen LogP contribution in [-0.2, 0) is 21.4 Å². The second-order valence-corrected chi connectivity index (χ2v) is 7.40. The molecule has 0 aliphatic rings. The van der Waals surface area contributed by atoms with Crippen molar-refractivity contribution in [1.29, 1.82) is 0 Å². The molecule has 2 heterocycles. The number of aryl methyl sites for hydroxylation is 1. The van der Waals surface area contributed by atoms with Crippen molar-refractivity contribution in [1.82, 2.24) is 10.3 Å². The Labute approximate surface area is 160 Å². The first-order chi connectivity index (χ1) is 12.9. The standard InChI is InChI=1S/C20H20N2O4S/c1-13-15(22-18(26-13)16-9-6-10-27-16)11-17(23)21-12-20(2,19(24)25)14-7-4-3-5-8-14/h3-10H,11-12H2,1-2H3,(H,21,23)(H,24,25). The van der Waals surface area contributed by atoms with E-state index in [1.54, 1.807) is 38.1 Å². The zero-order valence-corrected chi connectivity index (χ0v) is 15.9. The molecule has 3 rings (SSSR count). The Morgan fingerprint density at radius 3 is 2.59 bits per heavy atom. The van der Waals surface area contributed by atoms with Crippen LogP contribution in [0.2, 0.25) is 0 Å². The van der Waals surface area contributed by atoms with E-state index >= 15 is 0 Å². The van der Waals surface area contributed by atoms with Crippen LogP contribution in [0.4, 0.5) is 0 Å². The van der Waals surface area contributed by atoms with Crippen LogP contribution < -0.4 is 5.32 Å². The number of carbonyl (C=O) groups is 2. The molecule has 7 heteroatoms. The minimum atomic E-state index is -1.21. The Morgan fingerprint density at radius 1 is 1.22 bits per heavy atom. The van der Waals surface area contributed by atoms with E-state index in [4.69, 9.17) is 4.42 Å². The smallest absolute Gasteiger partial charge is 0.315 e. The van der Waals surface area contributed by atoms with E-state index < -0.39 is 11.4 Å². The predicted octanol–water partition coefficient (Wildman–Crippen LogP) is 3.41. The highest BCUT2D eigenvalue weighted by atomic mass is 32.1. The Morgan fingerprint density at radius 2 is 1.96 bits per heavy atom. The maximum atomic E-state index is 12.4. The Hall–Kier alpha value is -2.93. The fourth-order valence-electron chi connectivity index (χ4n) is 2.69. The van der Waals surface area contributed by atoms with Gasteiger partial charge in [-0.25, -0.2) is 4.98 Å². The number of aromatic nitrogens is 1. The molecular weight excluding hydrogens is 364 g/mol. The van der Waals surface area contributed by atoms with E-state index in [1.165, 1.54) is 11.3 Å². The van der Waals surface area contributed by atoms with Crippen molar-refractivity contribution in [2.24, 2.45) is 0 Å². The number of carboxylic acids is 1. The molecule has 2 N–H and O–H groups in total. The molecule has 6 nitrogen and oxygen atoms in total. The first-order valence-corrected chi connectivity index (χ1v) is 9.34. The summed E-state index contributed by atoms with van der Waals surface area (Å²) in [4.78, 5) is 29.5. The molecular formula is C20H20N2O4S. The van der Waals surface area contributed by atoms with E-state index in [0.29, 0.717) is 22.9 Å². The van der Waals surface area contributed by atoms with Crippen molar-refractivity contribution >= 4 is 23.2 Å². The van der Waals surface area contributed by atoms with Crippen molar-refractivity contribution in [2.75, 3.05) is 6.54 Å². The number of benzene rings is 1. The minimum absolute atomic E-state index is 0.0140. The van der Waals surface area contributed by atoms with Gasteiger partial charge >= 0.3 is 5.97 Å². The predicted molar refractivity (Wildman–Crippen MR) is 103 cm³/mol. The van der Waals surface area contributed by atoms with Crippen LogP contribution in [-0.4, -0.2) is 28.5 Å². The lowest BCUT2D eigenvalue weighted by Gasteiger charge is -2.25. The molecule has 2 aromatic heterocycles. The molecule has 0 saturated carbocycles. The molecule has 27 heavy (non-hydrogen) atoms. The zero-order valence-electron chi connectivity index (χ0n) is 15.1. The van der Waals surface area contributed by atoms with E-state index in [0.717, 1.165) is 4.88 Å². The van der Waals surface area contributed by atoms with E-state index in [2.05, 4.69) is 10.3 Å². The van der Waals surface area contributed by atoms with Crippen LogP contribution in [0, 0.1) is 6.92 Å². The summed E-state index contributed by atoms with van der Waals surface area (Å²) in [6.07, 6.45) is 0.0329. The number of carboxylic acid groups (broad SMARTS) is 1. The van der Waals surface area contributed by atoms with Gasteiger partial charge in [-0.05, 0) is 30.9 Å². The van der Waals surface area contributed by atoms with Crippen molar-refractivity contribution in [3.05, 3.63) is 64.9 Å². The largest absolute Gasteiger partial charge is 0.481 e. The lowest BCUT2D eigenvalue weighted by molar-refractivity contribution is -0.143. The molecule has 1 atom stereocenters. The third kappa shape index (κ3) is 4.09. The third-order valence-corrected chi connectivity index (χ3v) is 5.33. The number of amides is 1. The maximum absolute atomic E-state index is 12.4. The highest BCUT2D eigenvalue weighted by Crippen LogP contribution is 2.26. The van der Waals surface area contributed by atoms with Crippen LogP contribution in [0.25, 0.3) is 10.8 Å². The highest BCUT2D eigenvalue weighted by molar-refractivity contribution is 7.13. The molecule has 1 aromatic carbocycles. The quantitative estimate of drug-likeness (QED) is 0.651. The molecule has 140 valence electrons. The minimum Gasteiger partial charge on any atom is -0.481 e. The molecule has 0 saturated heterocycles. The topological polar surface area (TPSA) is 92.4 Å². The number of aliphatic carboxylic acids is 1. The summed E-state index contributed by atoms with van der Waals surface area (Å²) in [5.74, 6) is -0.221. The summed E-state index contributed by atoms with van der Waals surface area (Å²) in [5, 5.41) is 14.3. The van der Waals surface area contributed by atoms with Gasteiger partial charge in [0.1, 0.15) is 11.2 Å². The van der Waals surface area contributed by atoms with Gasteiger partial charge < -0.3 is 14.8 Å². The summed E-state index contributed by atoms with van der Waals surface area (Å²) >= 11 is 1.51. The Kier molecular flexibility index (Phi) is 5.41. The first kappa shape index (κ1) is 18.8. The molecule has 1 unspecified atom stereocenters. The number of nitrogens with zero attached hydrogens (tertiary/aromatic N) is 1. The number of carbonyl (C=O) groups excluding carboxylic acids is 1. The summed E-state index contributed by atoms with van der Waals surface area (Å²) in [7, 11) is 0. The van der Waals surface area contributed by atoms with Gasteiger partial charge in [0.25, 0.3) is 0 Å². The average molecular weight is 384 g/mol.